The van der Waals surface area contributed by atoms with Gasteiger partial charge in [0, 0.05) is 35.8 Å². The lowest BCUT2D eigenvalue weighted by molar-refractivity contribution is -0.125. The summed E-state index contributed by atoms with van der Waals surface area (Å²) in [7, 11) is 0. The van der Waals surface area contributed by atoms with Crippen molar-refractivity contribution >= 4 is 29.0 Å². The Bertz CT molecular complexity index is 923. The molecule has 2 heterocycles. The molecule has 5 nitrogen and oxygen atoms in total. The standard InChI is InChI=1S/C24H28ClN3O2/c1-18-16-19(25)9-10-21(18)22(29)8-5-13-27-14-11-24(12-15-27)23(30)26-17-28(24)20-6-3-2-4-7-20/h2-4,6-7,9-10,16H,5,8,11-15,17H2,1H3,(H,26,30). The number of aryl methyl sites for hydroxylation is 1. The number of amides is 1. The van der Waals surface area contributed by atoms with Gasteiger partial charge in [0.25, 0.3) is 0 Å². The SMILES string of the molecule is Cc1cc(Cl)ccc1C(=O)CCCN1CCC2(CC1)C(=O)NCN2c1ccccc1. The third-order valence-corrected chi connectivity index (χ3v) is 6.69. The number of ketones is 1. The molecule has 2 aliphatic rings. The summed E-state index contributed by atoms with van der Waals surface area (Å²) in [5.41, 5.74) is 2.33. The number of nitrogens with zero attached hydrogens (tertiary/aromatic N) is 2. The van der Waals surface area contributed by atoms with Crippen molar-refractivity contribution < 1.29 is 9.59 Å². The number of hydrogen-bond donors (Lipinski definition) is 1. The van der Waals surface area contributed by atoms with Crippen LogP contribution < -0.4 is 10.2 Å². The molecule has 1 amide bonds. The Morgan fingerprint density at radius 2 is 1.87 bits per heavy atom. The van der Waals surface area contributed by atoms with Crippen LogP contribution >= 0.6 is 11.6 Å². The monoisotopic (exact) mass is 425 g/mol. The van der Waals surface area contributed by atoms with Gasteiger partial charge >= 0.3 is 0 Å². The van der Waals surface area contributed by atoms with Crippen molar-refractivity contribution in [3.8, 4) is 0 Å². The van der Waals surface area contributed by atoms with Gasteiger partial charge in [-0.1, -0.05) is 29.8 Å². The minimum atomic E-state index is -0.450. The first kappa shape index (κ1) is 20.9. The van der Waals surface area contributed by atoms with Gasteiger partial charge < -0.3 is 15.1 Å². The van der Waals surface area contributed by atoms with E-state index in [0.29, 0.717) is 18.1 Å². The van der Waals surface area contributed by atoms with Crippen LogP contribution in [0.5, 0.6) is 0 Å². The maximum absolute atomic E-state index is 12.7. The third kappa shape index (κ3) is 4.09. The molecule has 4 rings (SSSR count). The van der Waals surface area contributed by atoms with Crippen molar-refractivity contribution in [2.24, 2.45) is 0 Å². The molecule has 2 aromatic rings. The van der Waals surface area contributed by atoms with Crippen molar-refractivity contribution in [1.82, 2.24) is 10.2 Å². The number of rotatable bonds is 6. The molecule has 0 aromatic heterocycles. The van der Waals surface area contributed by atoms with Crippen LogP contribution in [0.15, 0.2) is 48.5 Å². The van der Waals surface area contributed by atoms with Gasteiger partial charge in [-0.05, 0) is 68.6 Å². The van der Waals surface area contributed by atoms with Gasteiger partial charge in [0.1, 0.15) is 5.54 Å². The van der Waals surface area contributed by atoms with E-state index in [9.17, 15) is 9.59 Å². The number of carbonyl (C=O) groups is 2. The molecule has 0 unspecified atom stereocenters. The fourth-order valence-electron chi connectivity index (χ4n) is 4.72. The molecule has 1 spiro atoms. The van der Waals surface area contributed by atoms with E-state index in [4.69, 9.17) is 11.6 Å². The van der Waals surface area contributed by atoms with Crippen molar-refractivity contribution in [2.45, 2.75) is 38.1 Å². The van der Waals surface area contributed by atoms with Crippen LogP contribution in [0.1, 0.15) is 41.6 Å². The van der Waals surface area contributed by atoms with Gasteiger partial charge in [-0.2, -0.15) is 0 Å². The predicted molar refractivity (Wildman–Crippen MR) is 120 cm³/mol. The molecule has 0 atom stereocenters. The number of hydrogen-bond acceptors (Lipinski definition) is 4. The molecule has 30 heavy (non-hydrogen) atoms. The second kappa shape index (κ2) is 8.78. The molecule has 158 valence electrons. The van der Waals surface area contributed by atoms with Crippen molar-refractivity contribution in [3.63, 3.8) is 0 Å². The lowest BCUT2D eigenvalue weighted by atomic mass is 9.85. The first-order valence-electron chi connectivity index (χ1n) is 10.6. The zero-order valence-electron chi connectivity index (χ0n) is 17.4. The average molecular weight is 426 g/mol. The quantitative estimate of drug-likeness (QED) is 0.709. The largest absolute Gasteiger partial charge is 0.339 e. The van der Waals surface area contributed by atoms with E-state index in [2.05, 4.69) is 27.2 Å². The van der Waals surface area contributed by atoms with Crippen LogP contribution in [0.3, 0.4) is 0 Å². The lowest BCUT2D eigenvalue weighted by Crippen LogP contribution is -2.56. The minimum absolute atomic E-state index is 0.138. The highest BCUT2D eigenvalue weighted by Gasteiger charge is 2.50. The zero-order valence-corrected chi connectivity index (χ0v) is 18.1. The van der Waals surface area contributed by atoms with Crippen LogP contribution in [0, 0.1) is 6.92 Å². The normalized spacial score (nSPS) is 18.6. The van der Waals surface area contributed by atoms with E-state index in [-0.39, 0.29) is 11.7 Å². The minimum Gasteiger partial charge on any atom is -0.339 e. The second-order valence-corrected chi connectivity index (χ2v) is 8.72. The summed E-state index contributed by atoms with van der Waals surface area (Å²) in [6, 6.07) is 15.6. The molecule has 6 heteroatoms. The number of para-hydroxylation sites is 1. The number of nitrogens with one attached hydrogen (secondary N) is 1. The van der Waals surface area contributed by atoms with Gasteiger partial charge in [0.2, 0.25) is 5.91 Å². The Hall–Kier alpha value is -2.37. The third-order valence-electron chi connectivity index (χ3n) is 6.46. The highest BCUT2D eigenvalue weighted by Crippen LogP contribution is 2.36. The number of piperidine rings is 1. The highest BCUT2D eigenvalue weighted by atomic mass is 35.5. The Balaban J connectivity index is 1.31. The molecule has 2 aromatic carbocycles. The maximum Gasteiger partial charge on any atom is 0.247 e. The number of Topliss-reactive ketones (excluding diaryl/α,β-unsaturated/α-hetero) is 1. The number of likely N-dealkylation sites (tertiary alicyclic amines) is 1. The Morgan fingerprint density at radius 1 is 1.13 bits per heavy atom. The van der Waals surface area contributed by atoms with E-state index in [1.165, 1.54) is 0 Å². The topological polar surface area (TPSA) is 52.7 Å². The number of carbonyl (C=O) groups excluding carboxylic acids is 2. The first-order valence-corrected chi connectivity index (χ1v) is 11.0. The van der Waals surface area contributed by atoms with Crippen LogP contribution in [0.2, 0.25) is 5.02 Å². The second-order valence-electron chi connectivity index (χ2n) is 8.29. The van der Waals surface area contributed by atoms with Crippen molar-refractivity contribution in [1.29, 1.82) is 0 Å². The first-order chi connectivity index (χ1) is 14.5. The summed E-state index contributed by atoms with van der Waals surface area (Å²) in [4.78, 5) is 29.9. The van der Waals surface area contributed by atoms with Gasteiger partial charge in [-0.15, -0.1) is 0 Å². The summed E-state index contributed by atoms with van der Waals surface area (Å²) in [6.45, 7) is 5.10. The van der Waals surface area contributed by atoms with E-state index in [1.807, 2.05) is 37.3 Å². The van der Waals surface area contributed by atoms with E-state index in [0.717, 1.165) is 55.7 Å². The summed E-state index contributed by atoms with van der Waals surface area (Å²) < 4.78 is 0. The number of anilines is 1. The molecule has 0 saturated carbocycles. The molecular formula is C24H28ClN3O2. The van der Waals surface area contributed by atoms with E-state index >= 15 is 0 Å². The molecule has 0 radical (unpaired) electrons. The lowest BCUT2D eigenvalue weighted by Gasteiger charge is -2.43. The number of benzene rings is 2. The van der Waals surface area contributed by atoms with Crippen LogP contribution in [-0.4, -0.2) is 48.4 Å². The molecule has 0 bridgehead atoms. The zero-order chi connectivity index (χ0) is 21.1. The summed E-state index contributed by atoms with van der Waals surface area (Å²) in [6.07, 6.45) is 2.96. The molecule has 0 aliphatic carbocycles. The van der Waals surface area contributed by atoms with Crippen LogP contribution in [0.4, 0.5) is 5.69 Å². The number of halogens is 1. The highest BCUT2D eigenvalue weighted by molar-refractivity contribution is 6.30. The molecule has 2 saturated heterocycles. The molecular weight excluding hydrogens is 398 g/mol. The fraction of sp³-hybridized carbons (Fsp3) is 0.417. The van der Waals surface area contributed by atoms with E-state index in [1.54, 1.807) is 6.07 Å². The molecule has 2 fully saturated rings. The van der Waals surface area contributed by atoms with Gasteiger partial charge in [0.05, 0.1) is 6.67 Å². The molecule has 1 N–H and O–H groups in total. The van der Waals surface area contributed by atoms with Gasteiger partial charge in [0.15, 0.2) is 5.78 Å². The Labute approximate surface area is 183 Å². The van der Waals surface area contributed by atoms with Gasteiger partial charge in [-0.25, -0.2) is 0 Å². The summed E-state index contributed by atoms with van der Waals surface area (Å²) in [5.74, 6) is 0.308. The van der Waals surface area contributed by atoms with Crippen LogP contribution in [0.25, 0.3) is 0 Å². The van der Waals surface area contributed by atoms with Gasteiger partial charge in [-0.3, -0.25) is 9.59 Å². The summed E-state index contributed by atoms with van der Waals surface area (Å²) >= 11 is 5.99. The van der Waals surface area contributed by atoms with Crippen LogP contribution in [-0.2, 0) is 4.79 Å². The fourth-order valence-corrected chi connectivity index (χ4v) is 4.94. The summed E-state index contributed by atoms with van der Waals surface area (Å²) in [5, 5.41) is 3.70. The average Bonchev–Trinajstić information content (AvgIpc) is 3.06. The van der Waals surface area contributed by atoms with E-state index < -0.39 is 5.54 Å². The Morgan fingerprint density at radius 3 is 2.57 bits per heavy atom. The molecule has 2 aliphatic heterocycles. The predicted octanol–water partition coefficient (Wildman–Crippen LogP) is 4.04. The Kier molecular flexibility index (Phi) is 6.11. The smallest absolute Gasteiger partial charge is 0.247 e. The van der Waals surface area contributed by atoms with Crippen molar-refractivity contribution in [2.75, 3.05) is 31.2 Å². The maximum atomic E-state index is 12.7. The van der Waals surface area contributed by atoms with Crippen molar-refractivity contribution in [3.05, 3.63) is 64.7 Å².